The highest BCUT2D eigenvalue weighted by molar-refractivity contribution is 7.89. The molecule has 0 spiro atoms. The molecule has 2 aliphatic heterocycles. The fourth-order valence-corrected chi connectivity index (χ4v) is 4.64. The van der Waals surface area contributed by atoms with E-state index in [0.29, 0.717) is 19.5 Å². The molecule has 0 N–H and O–H groups in total. The van der Waals surface area contributed by atoms with Gasteiger partial charge in [0.1, 0.15) is 0 Å². The summed E-state index contributed by atoms with van der Waals surface area (Å²) in [4.78, 5) is 18.0. The molecule has 21 heavy (non-hydrogen) atoms. The maximum absolute atomic E-state index is 12.2. The van der Waals surface area contributed by atoms with E-state index < -0.39 is 10.0 Å². The van der Waals surface area contributed by atoms with Crippen LogP contribution in [0.2, 0.25) is 0 Å². The van der Waals surface area contributed by atoms with E-state index in [1.54, 1.807) is 19.3 Å². The van der Waals surface area contributed by atoms with Crippen molar-refractivity contribution in [1.29, 1.82) is 0 Å². The molecule has 114 valence electrons. The van der Waals surface area contributed by atoms with Crippen LogP contribution in [-0.2, 0) is 21.4 Å². The molecular weight excluding hydrogens is 290 g/mol. The van der Waals surface area contributed by atoms with Crippen LogP contribution in [0.3, 0.4) is 0 Å². The van der Waals surface area contributed by atoms with Gasteiger partial charge in [-0.25, -0.2) is 8.42 Å². The van der Waals surface area contributed by atoms with Gasteiger partial charge in [-0.15, -0.1) is 0 Å². The van der Waals surface area contributed by atoms with Crippen molar-refractivity contribution >= 4 is 15.9 Å². The van der Waals surface area contributed by atoms with E-state index in [9.17, 15) is 13.2 Å². The average Bonchev–Trinajstić information content (AvgIpc) is 3.01. The van der Waals surface area contributed by atoms with Gasteiger partial charge in [-0.2, -0.15) is 4.31 Å². The molecule has 7 heteroatoms. The third kappa shape index (κ3) is 2.55. The molecule has 1 aromatic heterocycles. The van der Waals surface area contributed by atoms with Crippen molar-refractivity contribution in [3.8, 4) is 0 Å². The van der Waals surface area contributed by atoms with Crippen LogP contribution in [-0.4, -0.2) is 52.9 Å². The van der Waals surface area contributed by atoms with E-state index in [4.69, 9.17) is 0 Å². The van der Waals surface area contributed by atoms with Crippen molar-refractivity contribution in [2.45, 2.75) is 38.4 Å². The summed E-state index contributed by atoms with van der Waals surface area (Å²) in [6.45, 7) is 2.70. The highest BCUT2D eigenvalue weighted by Crippen LogP contribution is 2.35. The normalized spacial score (nSPS) is 26.3. The predicted octanol–water partition coefficient (Wildman–Crippen LogP) is 0.606. The third-order valence-corrected chi connectivity index (χ3v) is 6.29. The SMILES string of the molecule is CCS(=O)(=O)N1CC[C@@H]2[C@@H]1CC(=O)N2Cc1ccncc1. The summed E-state index contributed by atoms with van der Waals surface area (Å²) in [7, 11) is -3.23. The molecule has 2 saturated heterocycles. The Morgan fingerprint density at radius 1 is 1.29 bits per heavy atom. The molecule has 0 aliphatic carbocycles. The summed E-state index contributed by atoms with van der Waals surface area (Å²) in [5.74, 6) is 0.132. The number of carbonyl (C=O) groups excluding carboxylic acids is 1. The van der Waals surface area contributed by atoms with Gasteiger partial charge in [-0.05, 0) is 31.0 Å². The Balaban J connectivity index is 1.79. The zero-order valence-electron chi connectivity index (χ0n) is 12.0. The first-order chi connectivity index (χ1) is 10.0. The first-order valence-corrected chi connectivity index (χ1v) is 8.81. The minimum absolute atomic E-state index is 0.00647. The molecule has 0 radical (unpaired) electrons. The van der Waals surface area contributed by atoms with Gasteiger partial charge in [-0.3, -0.25) is 9.78 Å². The second-order valence-electron chi connectivity index (χ2n) is 5.52. The number of hydrogen-bond donors (Lipinski definition) is 0. The van der Waals surface area contributed by atoms with Gasteiger partial charge >= 0.3 is 0 Å². The molecule has 3 rings (SSSR count). The lowest BCUT2D eigenvalue weighted by molar-refractivity contribution is -0.129. The van der Waals surface area contributed by atoms with Crippen LogP contribution < -0.4 is 0 Å². The lowest BCUT2D eigenvalue weighted by Gasteiger charge is -2.25. The summed E-state index contributed by atoms with van der Waals surface area (Å²) in [5, 5.41) is 0. The number of nitrogens with zero attached hydrogens (tertiary/aromatic N) is 3. The van der Waals surface area contributed by atoms with Crippen molar-refractivity contribution in [1.82, 2.24) is 14.2 Å². The number of pyridine rings is 1. The molecule has 2 aliphatic rings. The standard InChI is InChI=1S/C14H19N3O3S/c1-2-21(19,20)17-8-5-12-13(17)9-14(18)16(12)10-11-3-6-15-7-4-11/h3-4,6-7,12-13H,2,5,8-10H2,1H3/t12-,13+/m1/s1. The number of amides is 1. The Kier molecular flexibility index (Phi) is 3.71. The zero-order chi connectivity index (χ0) is 15.0. The fourth-order valence-electron chi connectivity index (χ4n) is 3.29. The van der Waals surface area contributed by atoms with E-state index in [1.807, 2.05) is 17.0 Å². The highest BCUT2D eigenvalue weighted by Gasteiger charge is 2.49. The lowest BCUT2D eigenvalue weighted by atomic mass is 10.1. The number of aromatic nitrogens is 1. The topological polar surface area (TPSA) is 70.6 Å². The zero-order valence-corrected chi connectivity index (χ0v) is 12.8. The molecule has 1 aromatic rings. The quantitative estimate of drug-likeness (QED) is 0.817. The van der Waals surface area contributed by atoms with Gasteiger partial charge < -0.3 is 4.90 Å². The molecule has 2 atom stereocenters. The monoisotopic (exact) mass is 309 g/mol. The van der Waals surface area contributed by atoms with E-state index in [0.717, 1.165) is 12.0 Å². The Morgan fingerprint density at radius 2 is 2.00 bits per heavy atom. The van der Waals surface area contributed by atoms with Crippen LogP contribution in [0.15, 0.2) is 24.5 Å². The smallest absolute Gasteiger partial charge is 0.224 e. The Morgan fingerprint density at radius 3 is 2.67 bits per heavy atom. The van der Waals surface area contributed by atoms with Crippen molar-refractivity contribution < 1.29 is 13.2 Å². The van der Waals surface area contributed by atoms with Crippen LogP contribution in [0.1, 0.15) is 25.3 Å². The molecular formula is C14H19N3O3S. The lowest BCUT2D eigenvalue weighted by Crippen LogP contribution is -2.40. The summed E-state index contributed by atoms with van der Waals surface area (Å²) < 4.78 is 25.7. The van der Waals surface area contributed by atoms with Crippen LogP contribution >= 0.6 is 0 Å². The van der Waals surface area contributed by atoms with Gasteiger partial charge in [0.05, 0.1) is 17.8 Å². The number of hydrogen-bond acceptors (Lipinski definition) is 4. The van der Waals surface area contributed by atoms with E-state index >= 15 is 0 Å². The van der Waals surface area contributed by atoms with Crippen molar-refractivity contribution in [2.75, 3.05) is 12.3 Å². The number of fused-ring (bicyclic) bond motifs is 1. The van der Waals surface area contributed by atoms with Gasteiger partial charge in [0, 0.05) is 31.9 Å². The molecule has 3 heterocycles. The van der Waals surface area contributed by atoms with Crippen molar-refractivity contribution in [2.24, 2.45) is 0 Å². The van der Waals surface area contributed by atoms with Crippen LogP contribution in [0, 0.1) is 0 Å². The molecule has 2 fully saturated rings. The van der Waals surface area contributed by atoms with Gasteiger partial charge in [0.25, 0.3) is 0 Å². The Hall–Kier alpha value is -1.47. The molecule has 1 amide bonds. The second kappa shape index (κ2) is 5.38. The van der Waals surface area contributed by atoms with E-state index in [1.165, 1.54) is 4.31 Å². The summed E-state index contributed by atoms with van der Waals surface area (Å²) >= 11 is 0. The first kappa shape index (κ1) is 14.5. The van der Waals surface area contributed by atoms with E-state index in [-0.39, 0.29) is 23.7 Å². The maximum atomic E-state index is 12.2. The number of sulfonamides is 1. The van der Waals surface area contributed by atoms with Crippen molar-refractivity contribution in [3.63, 3.8) is 0 Å². The number of carbonyl (C=O) groups is 1. The Labute approximate surface area is 124 Å². The highest BCUT2D eigenvalue weighted by atomic mass is 32.2. The molecule has 6 nitrogen and oxygen atoms in total. The Bertz CT molecular complexity index is 632. The molecule has 0 unspecified atom stereocenters. The van der Waals surface area contributed by atoms with Crippen LogP contribution in [0.4, 0.5) is 0 Å². The molecule has 0 bridgehead atoms. The molecule has 0 aromatic carbocycles. The summed E-state index contributed by atoms with van der Waals surface area (Å²) in [5.41, 5.74) is 1.02. The summed E-state index contributed by atoms with van der Waals surface area (Å²) in [6.07, 6.45) is 4.43. The van der Waals surface area contributed by atoms with Crippen LogP contribution in [0.25, 0.3) is 0 Å². The van der Waals surface area contributed by atoms with Gasteiger partial charge in [0.2, 0.25) is 15.9 Å². The van der Waals surface area contributed by atoms with Crippen LogP contribution in [0.5, 0.6) is 0 Å². The first-order valence-electron chi connectivity index (χ1n) is 7.21. The average molecular weight is 309 g/mol. The largest absolute Gasteiger partial charge is 0.334 e. The van der Waals surface area contributed by atoms with Gasteiger partial charge in [-0.1, -0.05) is 0 Å². The van der Waals surface area contributed by atoms with Gasteiger partial charge in [0.15, 0.2) is 0 Å². The number of likely N-dealkylation sites (tertiary alicyclic amines) is 1. The maximum Gasteiger partial charge on any atom is 0.224 e. The summed E-state index contributed by atoms with van der Waals surface area (Å²) in [6, 6.07) is 3.59. The fraction of sp³-hybridized carbons (Fsp3) is 0.571. The minimum atomic E-state index is -3.23. The third-order valence-electron chi connectivity index (χ3n) is 4.39. The number of rotatable bonds is 4. The predicted molar refractivity (Wildman–Crippen MR) is 77.8 cm³/mol. The minimum Gasteiger partial charge on any atom is -0.334 e. The second-order valence-corrected chi connectivity index (χ2v) is 7.73. The molecule has 0 saturated carbocycles. The van der Waals surface area contributed by atoms with Crippen molar-refractivity contribution in [3.05, 3.63) is 30.1 Å². The van der Waals surface area contributed by atoms with E-state index in [2.05, 4.69) is 4.98 Å².